The summed E-state index contributed by atoms with van der Waals surface area (Å²) in [6.45, 7) is 6.87. The summed E-state index contributed by atoms with van der Waals surface area (Å²) in [6.07, 6.45) is 5.02. The van der Waals surface area contributed by atoms with E-state index in [0.717, 1.165) is 25.8 Å². The molecule has 96 valence electrons. The molecule has 0 bridgehead atoms. The van der Waals surface area contributed by atoms with E-state index in [1.54, 1.807) is 11.8 Å². The zero-order valence-corrected chi connectivity index (χ0v) is 11.8. The molecule has 3 unspecified atom stereocenters. The van der Waals surface area contributed by atoms with Crippen LogP contribution in [0.2, 0.25) is 0 Å². The quantitative estimate of drug-likeness (QED) is 0.689. The number of hydrogen-bond donors (Lipinski definition) is 2. The standard InChI is InChI=1S/C12H26N2OS/c1-9(6-5-7-10(2)13)12(15)14-8-11(3)16-4/h9-11H,5-8,13H2,1-4H3,(H,14,15). The van der Waals surface area contributed by atoms with Crippen LogP contribution in [0.3, 0.4) is 0 Å². The van der Waals surface area contributed by atoms with Crippen LogP contribution in [0.25, 0.3) is 0 Å². The molecule has 0 heterocycles. The number of hydrogen-bond acceptors (Lipinski definition) is 3. The fourth-order valence-electron chi connectivity index (χ4n) is 1.38. The van der Waals surface area contributed by atoms with Gasteiger partial charge in [0.05, 0.1) is 0 Å². The fourth-order valence-corrected chi connectivity index (χ4v) is 1.63. The largest absolute Gasteiger partial charge is 0.355 e. The van der Waals surface area contributed by atoms with Gasteiger partial charge >= 0.3 is 0 Å². The van der Waals surface area contributed by atoms with Crippen LogP contribution in [0.15, 0.2) is 0 Å². The maximum atomic E-state index is 11.7. The molecule has 0 spiro atoms. The van der Waals surface area contributed by atoms with Crippen molar-refractivity contribution >= 4 is 17.7 Å². The lowest BCUT2D eigenvalue weighted by Gasteiger charge is -2.14. The van der Waals surface area contributed by atoms with E-state index in [2.05, 4.69) is 18.5 Å². The Morgan fingerprint density at radius 3 is 2.44 bits per heavy atom. The Balaban J connectivity index is 3.65. The van der Waals surface area contributed by atoms with Crippen LogP contribution in [-0.2, 0) is 4.79 Å². The van der Waals surface area contributed by atoms with Gasteiger partial charge in [-0.2, -0.15) is 11.8 Å². The predicted molar refractivity (Wildman–Crippen MR) is 72.7 cm³/mol. The Morgan fingerprint density at radius 1 is 1.31 bits per heavy atom. The smallest absolute Gasteiger partial charge is 0.222 e. The van der Waals surface area contributed by atoms with Gasteiger partial charge in [0, 0.05) is 23.8 Å². The second kappa shape index (κ2) is 8.88. The molecule has 0 radical (unpaired) electrons. The lowest BCUT2D eigenvalue weighted by atomic mass is 10.0. The SMILES string of the molecule is CSC(C)CNC(=O)C(C)CCCC(C)N. The number of nitrogens with two attached hydrogens (primary N) is 1. The minimum Gasteiger partial charge on any atom is -0.355 e. The zero-order chi connectivity index (χ0) is 12.6. The molecule has 16 heavy (non-hydrogen) atoms. The van der Waals surface area contributed by atoms with Crippen molar-refractivity contribution in [3.8, 4) is 0 Å². The van der Waals surface area contributed by atoms with Crippen LogP contribution in [0.5, 0.6) is 0 Å². The van der Waals surface area contributed by atoms with Crippen molar-refractivity contribution in [2.45, 2.75) is 51.3 Å². The Bertz CT molecular complexity index is 197. The monoisotopic (exact) mass is 246 g/mol. The van der Waals surface area contributed by atoms with Crippen LogP contribution in [-0.4, -0.2) is 30.0 Å². The minimum atomic E-state index is 0.104. The Morgan fingerprint density at radius 2 is 1.94 bits per heavy atom. The van der Waals surface area contributed by atoms with Crippen LogP contribution >= 0.6 is 11.8 Å². The first-order chi connectivity index (χ1) is 7.47. The third-order valence-corrected chi connectivity index (χ3v) is 3.68. The summed E-state index contributed by atoms with van der Waals surface area (Å²) in [7, 11) is 0. The molecule has 0 rings (SSSR count). The zero-order valence-electron chi connectivity index (χ0n) is 11.0. The first kappa shape index (κ1) is 15.8. The number of thioether (sulfide) groups is 1. The van der Waals surface area contributed by atoms with Crippen LogP contribution in [0, 0.1) is 5.92 Å². The highest BCUT2D eigenvalue weighted by molar-refractivity contribution is 7.99. The average molecular weight is 246 g/mol. The van der Waals surface area contributed by atoms with E-state index in [1.165, 1.54) is 0 Å². The number of nitrogens with one attached hydrogen (secondary N) is 1. The van der Waals surface area contributed by atoms with E-state index in [9.17, 15) is 4.79 Å². The average Bonchev–Trinajstić information content (AvgIpc) is 2.24. The molecule has 0 aromatic carbocycles. The number of carbonyl (C=O) groups excluding carboxylic acids is 1. The molecule has 3 atom stereocenters. The third-order valence-electron chi connectivity index (χ3n) is 2.71. The predicted octanol–water partition coefficient (Wildman–Crippen LogP) is 2.01. The summed E-state index contributed by atoms with van der Waals surface area (Å²) in [5.41, 5.74) is 5.67. The van der Waals surface area contributed by atoms with Crippen LogP contribution in [0.1, 0.15) is 40.0 Å². The Kier molecular flexibility index (Phi) is 8.76. The van der Waals surface area contributed by atoms with Gasteiger partial charge in [0.2, 0.25) is 5.91 Å². The molecule has 4 heteroatoms. The van der Waals surface area contributed by atoms with Gasteiger partial charge in [0.1, 0.15) is 0 Å². The summed E-state index contributed by atoms with van der Waals surface area (Å²) >= 11 is 1.77. The van der Waals surface area contributed by atoms with E-state index in [-0.39, 0.29) is 17.9 Å². The molecule has 0 fully saturated rings. The van der Waals surface area contributed by atoms with Gasteiger partial charge in [-0.25, -0.2) is 0 Å². The van der Waals surface area contributed by atoms with Crippen molar-refractivity contribution in [2.24, 2.45) is 11.7 Å². The van der Waals surface area contributed by atoms with Crippen molar-refractivity contribution in [1.82, 2.24) is 5.32 Å². The van der Waals surface area contributed by atoms with Crippen LogP contribution in [0.4, 0.5) is 0 Å². The van der Waals surface area contributed by atoms with Crippen molar-refractivity contribution in [2.75, 3.05) is 12.8 Å². The molecule has 3 nitrogen and oxygen atoms in total. The van der Waals surface area contributed by atoms with Crippen molar-refractivity contribution in [1.29, 1.82) is 0 Å². The minimum absolute atomic E-state index is 0.104. The molecule has 0 aromatic rings. The number of rotatable bonds is 8. The molecule has 1 amide bonds. The molecule has 0 aromatic heterocycles. The summed E-state index contributed by atoms with van der Waals surface area (Å²) in [4.78, 5) is 11.7. The van der Waals surface area contributed by atoms with E-state index >= 15 is 0 Å². The van der Waals surface area contributed by atoms with Crippen molar-refractivity contribution < 1.29 is 4.79 Å². The van der Waals surface area contributed by atoms with E-state index in [4.69, 9.17) is 5.73 Å². The van der Waals surface area contributed by atoms with Crippen LogP contribution < -0.4 is 11.1 Å². The lowest BCUT2D eigenvalue weighted by molar-refractivity contribution is -0.124. The Labute approximate surface area is 104 Å². The highest BCUT2D eigenvalue weighted by Crippen LogP contribution is 2.09. The fraction of sp³-hybridized carbons (Fsp3) is 0.917. The van der Waals surface area contributed by atoms with E-state index in [1.807, 2.05) is 13.8 Å². The summed E-state index contributed by atoms with van der Waals surface area (Å²) in [5, 5.41) is 3.47. The first-order valence-electron chi connectivity index (χ1n) is 6.03. The van der Waals surface area contributed by atoms with Gasteiger partial charge < -0.3 is 11.1 Å². The van der Waals surface area contributed by atoms with Gasteiger partial charge in [-0.15, -0.1) is 0 Å². The Hall–Kier alpha value is -0.220. The molecule has 0 aliphatic carbocycles. The van der Waals surface area contributed by atoms with Crippen molar-refractivity contribution in [3.63, 3.8) is 0 Å². The van der Waals surface area contributed by atoms with E-state index < -0.39 is 0 Å². The van der Waals surface area contributed by atoms with Gasteiger partial charge in [0.15, 0.2) is 0 Å². The highest BCUT2D eigenvalue weighted by Gasteiger charge is 2.13. The second-order valence-electron chi connectivity index (χ2n) is 4.60. The van der Waals surface area contributed by atoms with Gasteiger partial charge in [-0.1, -0.05) is 20.3 Å². The second-order valence-corrected chi connectivity index (χ2v) is 5.88. The molecule has 0 aliphatic heterocycles. The van der Waals surface area contributed by atoms with Gasteiger partial charge in [0.25, 0.3) is 0 Å². The highest BCUT2D eigenvalue weighted by atomic mass is 32.2. The third kappa shape index (κ3) is 7.99. The molecular formula is C12H26N2OS. The van der Waals surface area contributed by atoms with Gasteiger partial charge in [-0.05, 0) is 26.0 Å². The number of carbonyl (C=O) groups is 1. The molecule has 0 saturated carbocycles. The molecule has 3 N–H and O–H groups in total. The summed E-state index contributed by atoms with van der Waals surface area (Å²) in [6, 6.07) is 0.242. The van der Waals surface area contributed by atoms with Crippen molar-refractivity contribution in [3.05, 3.63) is 0 Å². The summed E-state index contributed by atoms with van der Waals surface area (Å²) < 4.78 is 0. The summed E-state index contributed by atoms with van der Waals surface area (Å²) in [5.74, 6) is 0.276. The lowest BCUT2D eigenvalue weighted by Crippen LogP contribution is -2.33. The maximum Gasteiger partial charge on any atom is 0.222 e. The maximum absolute atomic E-state index is 11.7. The van der Waals surface area contributed by atoms with Gasteiger partial charge in [-0.3, -0.25) is 4.79 Å². The first-order valence-corrected chi connectivity index (χ1v) is 7.32. The molecular weight excluding hydrogens is 220 g/mol. The molecule has 0 aliphatic rings. The van der Waals surface area contributed by atoms with E-state index in [0.29, 0.717) is 5.25 Å². The number of amides is 1. The molecule has 0 saturated heterocycles. The topological polar surface area (TPSA) is 55.1 Å². The normalized spacial score (nSPS) is 16.6.